The zero-order valence-corrected chi connectivity index (χ0v) is 10.8. The number of aryl methyl sites for hydroxylation is 1. The van der Waals surface area contributed by atoms with E-state index in [4.69, 9.17) is 5.73 Å². The molecule has 0 bridgehead atoms. The molecule has 0 aliphatic heterocycles. The van der Waals surface area contributed by atoms with E-state index in [0.29, 0.717) is 12.3 Å². The van der Waals surface area contributed by atoms with Crippen LogP contribution in [0.25, 0.3) is 0 Å². The van der Waals surface area contributed by atoms with Crippen molar-refractivity contribution >= 4 is 17.1 Å². The lowest BCUT2D eigenvalue weighted by Crippen LogP contribution is -2.47. The van der Waals surface area contributed by atoms with Crippen LogP contribution >= 0.6 is 11.3 Å². The molecule has 0 saturated heterocycles. The maximum Gasteiger partial charge on any atom is 0.157 e. The molecule has 1 fully saturated rings. The summed E-state index contributed by atoms with van der Waals surface area (Å²) < 4.78 is 0. The molecule has 16 heavy (non-hydrogen) atoms. The van der Waals surface area contributed by atoms with Gasteiger partial charge in [-0.05, 0) is 44.2 Å². The van der Waals surface area contributed by atoms with Gasteiger partial charge in [0.05, 0.1) is 5.54 Å². The van der Waals surface area contributed by atoms with Gasteiger partial charge in [0.15, 0.2) is 5.78 Å². The third kappa shape index (κ3) is 2.36. The number of thiophene rings is 1. The smallest absolute Gasteiger partial charge is 0.157 e. The van der Waals surface area contributed by atoms with Crippen LogP contribution < -0.4 is 5.73 Å². The van der Waals surface area contributed by atoms with E-state index in [1.807, 2.05) is 6.92 Å². The number of hydrogen-bond donors (Lipinski definition) is 1. The molecule has 1 aliphatic carbocycles. The summed E-state index contributed by atoms with van der Waals surface area (Å²) in [6.07, 6.45) is 3.78. The van der Waals surface area contributed by atoms with Crippen LogP contribution in [0, 0.1) is 5.92 Å². The first-order valence-corrected chi connectivity index (χ1v) is 6.75. The Bertz CT molecular complexity index is 390. The zero-order chi connectivity index (χ0) is 11.8. The summed E-state index contributed by atoms with van der Waals surface area (Å²) in [5.74, 6) is 0.616. The molecule has 2 nitrogen and oxygen atoms in total. The van der Waals surface area contributed by atoms with E-state index in [0.717, 1.165) is 24.1 Å². The second kappa shape index (κ2) is 4.30. The Hall–Kier alpha value is -0.670. The first-order chi connectivity index (χ1) is 7.54. The second-order valence-electron chi connectivity index (χ2n) is 4.88. The maximum atomic E-state index is 12.1. The standard InChI is InChI=1S/C13H19NOS/c1-3-10-6-7-11(16-10)8-12(15)13(2,14)9-4-5-9/h6-7,9H,3-5,8,14H2,1-2H3. The average Bonchev–Trinajstić information content (AvgIpc) is 3.01. The highest BCUT2D eigenvalue weighted by atomic mass is 32.1. The van der Waals surface area contributed by atoms with Crippen molar-refractivity contribution in [2.75, 3.05) is 0 Å². The highest BCUT2D eigenvalue weighted by Gasteiger charge is 2.43. The lowest BCUT2D eigenvalue weighted by molar-refractivity contribution is -0.123. The fourth-order valence-electron chi connectivity index (χ4n) is 1.97. The normalized spacial score (nSPS) is 19.4. The number of carbonyl (C=O) groups excluding carboxylic acids is 1. The van der Waals surface area contributed by atoms with Gasteiger partial charge in [-0.15, -0.1) is 11.3 Å². The number of hydrogen-bond acceptors (Lipinski definition) is 3. The molecule has 1 aromatic heterocycles. The maximum absolute atomic E-state index is 12.1. The Labute approximate surface area is 101 Å². The third-order valence-electron chi connectivity index (χ3n) is 3.43. The van der Waals surface area contributed by atoms with Crippen LogP contribution in [0.15, 0.2) is 12.1 Å². The lowest BCUT2D eigenvalue weighted by atomic mass is 9.90. The molecule has 1 unspecified atom stereocenters. The van der Waals surface area contributed by atoms with Crippen molar-refractivity contribution in [1.82, 2.24) is 0 Å². The van der Waals surface area contributed by atoms with Gasteiger partial charge in [-0.1, -0.05) is 6.92 Å². The van der Waals surface area contributed by atoms with Gasteiger partial charge in [0.1, 0.15) is 0 Å². The molecule has 0 aromatic carbocycles. The predicted octanol–water partition coefficient (Wildman–Crippen LogP) is 2.55. The van der Waals surface area contributed by atoms with Crippen LogP contribution in [0.4, 0.5) is 0 Å². The van der Waals surface area contributed by atoms with Crippen LogP contribution in [0.2, 0.25) is 0 Å². The monoisotopic (exact) mass is 237 g/mol. The van der Waals surface area contributed by atoms with Crippen molar-refractivity contribution < 1.29 is 4.79 Å². The Kier molecular flexibility index (Phi) is 3.17. The molecule has 1 saturated carbocycles. The van der Waals surface area contributed by atoms with Gasteiger partial charge in [0, 0.05) is 16.2 Å². The minimum atomic E-state index is -0.601. The minimum Gasteiger partial charge on any atom is -0.319 e. The van der Waals surface area contributed by atoms with Crippen LogP contribution in [-0.2, 0) is 17.6 Å². The summed E-state index contributed by atoms with van der Waals surface area (Å²) in [7, 11) is 0. The van der Waals surface area contributed by atoms with Gasteiger partial charge in [0.25, 0.3) is 0 Å². The first-order valence-electron chi connectivity index (χ1n) is 5.93. The van der Waals surface area contributed by atoms with Gasteiger partial charge in [-0.25, -0.2) is 0 Å². The number of rotatable bonds is 5. The summed E-state index contributed by atoms with van der Waals surface area (Å²) in [5.41, 5.74) is 5.51. The van der Waals surface area contributed by atoms with E-state index in [9.17, 15) is 4.79 Å². The number of ketones is 1. The summed E-state index contributed by atoms with van der Waals surface area (Å²) in [6, 6.07) is 4.17. The highest BCUT2D eigenvalue weighted by Crippen LogP contribution is 2.39. The molecular weight excluding hydrogens is 218 g/mol. The van der Waals surface area contributed by atoms with Gasteiger partial charge in [-0.3, -0.25) is 4.79 Å². The van der Waals surface area contributed by atoms with Crippen molar-refractivity contribution in [1.29, 1.82) is 0 Å². The molecule has 88 valence electrons. The van der Waals surface area contributed by atoms with Gasteiger partial charge >= 0.3 is 0 Å². The fraction of sp³-hybridized carbons (Fsp3) is 0.615. The van der Waals surface area contributed by atoms with E-state index in [2.05, 4.69) is 19.1 Å². The molecule has 1 aromatic rings. The zero-order valence-electron chi connectivity index (χ0n) is 9.95. The summed E-state index contributed by atoms with van der Waals surface area (Å²) in [6.45, 7) is 4.02. The van der Waals surface area contributed by atoms with Crippen molar-refractivity contribution in [3.05, 3.63) is 21.9 Å². The van der Waals surface area contributed by atoms with Crippen LogP contribution in [-0.4, -0.2) is 11.3 Å². The van der Waals surface area contributed by atoms with Gasteiger partial charge in [0.2, 0.25) is 0 Å². The lowest BCUT2D eigenvalue weighted by Gasteiger charge is -2.22. The first kappa shape index (κ1) is 11.8. The van der Waals surface area contributed by atoms with E-state index >= 15 is 0 Å². The topological polar surface area (TPSA) is 43.1 Å². The number of Topliss-reactive ketones (excluding diaryl/α,β-unsaturated/α-hetero) is 1. The Morgan fingerprint density at radius 2 is 2.12 bits per heavy atom. The summed E-state index contributed by atoms with van der Waals surface area (Å²) in [4.78, 5) is 14.6. The molecule has 3 heteroatoms. The molecule has 0 spiro atoms. The quantitative estimate of drug-likeness (QED) is 0.855. The largest absolute Gasteiger partial charge is 0.319 e. The minimum absolute atomic E-state index is 0.194. The molecule has 1 aliphatic rings. The predicted molar refractivity (Wildman–Crippen MR) is 67.7 cm³/mol. The summed E-state index contributed by atoms with van der Waals surface area (Å²) >= 11 is 1.73. The molecule has 1 heterocycles. The molecular formula is C13H19NOS. The van der Waals surface area contributed by atoms with Crippen LogP contribution in [0.3, 0.4) is 0 Å². The molecule has 2 N–H and O–H groups in total. The van der Waals surface area contributed by atoms with Crippen LogP contribution in [0.5, 0.6) is 0 Å². The summed E-state index contributed by atoms with van der Waals surface area (Å²) in [5, 5.41) is 0. The fourth-order valence-corrected chi connectivity index (χ4v) is 2.92. The van der Waals surface area contributed by atoms with E-state index < -0.39 is 5.54 Å². The molecule has 2 rings (SSSR count). The molecule has 0 amide bonds. The number of carbonyl (C=O) groups is 1. The third-order valence-corrected chi connectivity index (χ3v) is 4.66. The second-order valence-corrected chi connectivity index (χ2v) is 6.13. The van der Waals surface area contributed by atoms with Gasteiger partial charge < -0.3 is 5.73 Å². The van der Waals surface area contributed by atoms with Crippen LogP contribution in [0.1, 0.15) is 36.4 Å². The van der Waals surface area contributed by atoms with Crippen molar-refractivity contribution in [2.45, 2.75) is 45.1 Å². The molecule has 1 atom stereocenters. The van der Waals surface area contributed by atoms with Gasteiger partial charge in [-0.2, -0.15) is 0 Å². The Morgan fingerprint density at radius 1 is 1.50 bits per heavy atom. The van der Waals surface area contributed by atoms with E-state index in [1.54, 1.807) is 11.3 Å². The number of nitrogens with two attached hydrogens (primary N) is 1. The molecule has 0 radical (unpaired) electrons. The van der Waals surface area contributed by atoms with Crippen molar-refractivity contribution in [3.8, 4) is 0 Å². The SMILES string of the molecule is CCc1ccc(CC(=O)C(C)(N)C2CC2)s1. The average molecular weight is 237 g/mol. The van der Waals surface area contributed by atoms with Crippen molar-refractivity contribution in [2.24, 2.45) is 11.7 Å². The van der Waals surface area contributed by atoms with E-state index in [-0.39, 0.29) is 5.78 Å². The Balaban J connectivity index is 2.01. The van der Waals surface area contributed by atoms with Crippen molar-refractivity contribution in [3.63, 3.8) is 0 Å². The highest BCUT2D eigenvalue weighted by molar-refractivity contribution is 7.12. The Morgan fingerprint density at radius 3 is 2.62 bits per heavy atom. The van der Waals surface area contributed by atoms with E-state index in [1.165, 1.54) is 4.88 Å².